The zero-order valence-electron chi connectivity index (χ0n) is 10.8. The van der Waals surface area contributed by atoms with Crippen LogP contribution in [-0.2, 0) is 4.74 Å². The van der Waals surface area contributed by atoms with Crippen molar-refractivity contribution in [3.05, 3.63) is 29.8 Å². The number of rotatable bonds is 3. The molecular weight excluding hydrogens is 234 g/mol. The van der Waals surface area contributed by atoms with Gasteiger partial charge in [-0.1, -0.05) is 12.1 Å². The van der Waals surface area contributed by atoms with E-state index in [4.69, 9.17) is 9.84 Å². The predicted molar refractivity (Wildman–Crippen MR) is 68.3 cm³/mol. The first-order valence-electron chi connectivity index (χ1n) is 5.71. The van der Waals surface area contributed by atoms with E-state index >= 15 is 0 Å². The molecule has 0 bridgehead atoms. The van der Waals surface area contributed by atoms with Crippen LogP contribution in [0.25, 0.3) is 0 Å². The number of amides is 1. The van der Waals surface area contributed by atoms with Crippen LogP contribution in [0.1, 0.15) is 32.4 Å². The van der Waals surface area contributed by atoms with Crippen LogP contribution in [0, 0.1) is 0 Å². The number of aliphatic hydroxyl groups excluding tert-OH is 2. The van der Waals surface area contributed by atoms with Gasteiger partial charge in [-0.15, -0.1) is 0 Å². The zero-order valence-corrected chi connectivity index (χ0v) is 10.8. The first kappa shape index (κ1) is 14.5. The minimum Gasteiger partial charge on any atom is -0.444 e. The summed E-state index contributed by atoms with van der Waals surface area (Å²) >= 11 is 0. The molecular formula is C13H19NO4. The lowest BCUT2D eigenvalue weighted by Crippen LogP contribution is -2.27. The second kappa shape index (κ2) is 5.84. The highest BCUT2D eigenvalue weighted by Crippen LogP contribution is 2.16. The fourth-order valence-corrected chi connectivity index (χ4v) is 1.32. The van der Waals surface area contributed by atoms with E-state index in [2.05, 4.69) is 5.32 Å². The average Bonchev–Trinajstić information content (AvgIpc) is 2.26. The highest BCUT2D eigenvalue weighted by Gasteiger charge is 2.16. The minimum atomic E-state index is -0.902. The smallest absolute Gasteiger partial charge is 0.412 e. The molecule has 1 aromatic carbocycles. The maximum absolute atomic E-state index is 11.5. The van der Waals surface area contributed by atoms with E-state index < -0.39 is 17.8 Å². The van der Waals surface area contributed by atoms with Gasteiger partial charge < -0.3 is 14.9 Å². The minimum absolute atomic E-state index is 0.334. The molecule has 0 aliphatic heterocycles. The van der Waals surface area contributed by atoms with Crippen molar-refractivity contribution in [2.75, 3.05) is 11.9 Å². The van der Waals surface area contributed by atoms with Gasteiger partial charge in [-0.25, -0.2) is 4.79 Å². The molecule has 5 nitrogen and oxygen atoms in total. The fraction of sp³-hybridized carbons (Fsp3) is 0.462. The van der Waals surface area contributed by atoms with E-state index in [1.807, 2.05) is 0 Å². The van der Waals surface area contributed by atoms with Crippen molar-refractivity contribution in [1.29, 1.82) is 0 Å². The Labute approximate surface area is 106 Å². The van der Waals surface area contributed by atoms with Gasteiger partial charge in [0.25, 0.3) is 0 Å². The Kier molecular flexibility index (Phi) is 4.69. The Morgan fingerprint density at radius 2 is 1.89 bits per heavy atom. The van der Waals surface area contributed by atoms with Gasteiger partial charge in [0.05, 0.1) is 6.61 Å². The van der Waals surface area contributed by atoms with Gasteiger partial charge in [0.1, 0.15) is 11.7 Å². The Morgan fingerprint density at radius 1 is 1.33 bits per heavy atom. The standard InChI is InChI=1S/C13H19NO4/c1-13(2,3)18-12(17)14-10-6-4-9(5-7-10)11(16)8-15/h4-7,11,15-16H,8H2,1-3H3,(H,14,17). The van der Waals surface area contributed by atoms with Crippen LogP contribution in [0.3, 0.4) is 0 Å². The third-order valence-electron chi connectivity index (χ3n) is 2.11. The van der Waals surface area contributed by atoms with Crippen molar-refractivity contribution >= 4 is 11.8 Å². The molecule has 1 atom stereocenters. The van der Waals surface area contributed by atoms with E-state index in [-0.39, 0.29) is 6.61 Å². The number of anilines is 1. The van der Waals surface area contributed by atoms with Gasteiger partial charge in [0, 0.05) is 5.69 Å². The molecule has 0 aromatic heterocycles. The zero-order chi connectivity index (χ0) is 13.8. The summed E-state index contributed by atoms with van der Waals surface area (Å²) in [5, 5.41) is 20.8. The lowest BCUT2D eigenvalue weighted by atomic mass is 10.1. The molecule has 5 heteroatoms. The molecule has 0 saturated carbocycles. The fourth-order valence-electron chi connectivity index (χ4n) is 1.32. The van der Waals surface area contributed by atoms with Crippen LogP contribution in [-0.4, -0.2) is 28.5 Å². The monoisotopic (exact) mass is 253 g/mol. The topological polar surface area (TPSA) is 78.8 Å². The van der Waals surface area contributed by atoms with Gasteiger partial charge >= 0.3 is 6.09 Å². The number of nitrogens with one attached hydrogen (secondary N) is 1. The number of hydrogen-bond acceptors (Lipinski definition) is 4. The van der Waals surface area contributed by atoms with Crippen molar-refractivity contribution in [2.24, 2.45) is 0 Å². The molecule has 100 valence electrons. The van der Waals surface area contributed by atoms with Crippen LogP contribution in [0.5, 0.6) is 0 Å². The van der Waals surface area contributed by atoms with Gasteiger partial charge in [0.2, 0.25) is 0 Å². The molecule has 0 aliphatic rings. The van der Waals surface area contributed by atoms with E-state index in [9.17, 15) is 9.90 Å². The number of carbonyl (C=O) groups excluding carboxylic acids is 1. The molecule has 18 heavy (non-hydrogen) atoms. The summed E-state index contributed by atoms with van der Waals surface area (Å²) in [6, 6.07) is 6.54. The number of benzene rings is 1. The van der Waals surface area contributed by atoms with Crippen LogP contribution >= 0.6 is 0 Å². The normalized spacial score (nSPS) is 12.9. The average molecular weight is 253 g/mol. The first-order valence-corrected chi connectivity index (χ1v) is 5.71. The van der Waals surface area contributed by atoms with Crippen molar-refractivity contribution in [2.45, 2.75) is 32.5 Å². The molecule has 1 aromatic rings. The molecule has 0 radical (unpaired) electrons. The summed E-state index contributed by atoms with van der Waals surface area (Å²) < 4.78 is 5.10. The quantitative estimate of drug-likeness (QED) is 0.770. The Hall–Kier alpha value is -1.59. The van der Waals surface area contributed by atoms with Crippen molar-refractivity contribution < 1.29 is 19.7 Å². The van der Waals surface area contributed by atoms with Crippen LogP contribution < -0.4 is 5.32 Å². The summed E-state index contributed by atoms with van der Waals surface area (Å²) in [5.41, 5.74) is 0.613. The molecule has 0 aliphatic carbocycles. The Morgan fingerprint density at radius 3 is 2.33 bits per heavy atom. The molecule has 0 spiro atoms. The molecule has 0 saturated heterocycles. The first-order chi connectivity index (χ1) is 8.31. The number of aliphatic hydroxyl groups is 2. The van der Waals surface area contributed by atoms with Gasteiger partial charge in [-0.2, -0.15) is 0 Å². The van der Waals surface area contributed by atoms with Gasteiger partial charge in [0.15, 0.2) is 0 Å². The van der Waals surface area contributed by atoms with E-state index in [1.54, 1.807) is 45.0 Å². The number of ether oxygens (including phenoxy) is 1. The highest BCUT2D eigenvalue weighted by molar-refractivity contribution is 5.84. The third kappa shape index (κ3) is 4.73. The van der Waals surface area contributed by atoms with Crippen molar-refractivity contribution in [3.63, 3.8) is 0 Å². The number of carbonyl (C=O) groups is 1. The Balaban J connectivity index is 2.61. The number of hydrogen-bond donors (Lipinski definition) is 3. The second-order valence-electron chi connectivity index (χ2n) is 4.95. The molecule has 0 fully saturated rings. The molecule has 0 heterocycles. The largest absolute Gasteiger partial charge is 0.444 e. The molecule has 1 unspecified atom stereocenters. The van der Waals surface area contributed by atoms with Gasteiger partial charge in [-0.3, -0.25) is 5.32 Å². The summed E-state index contributed by atoms with van der Waals surface area (Å²) in [5.74, 6) is 0. The molecule has 1 rings (SSSR count). The highest BCUT2D eigenvalue weighted by atomic mass is 16.6. The van der Waals surface area contributed by atoms with Crippen LogP contribution in [0.4, 0.5) is 10.5 Å². The predicted octanol–water partition coefficient (Wildman–Crippen LogP) is 2.06. The summed E-state index contributed by atoms with van der Waals surface area (Å²) in [6.45, 7) is 5.02. The maximum Gasteiger partial charge on any atom is 0.412 e. The van der Waals surface area contributed by atoms with E-state index in [0.717, 1.165) is 0 Å². The van der Waals surface area contributed by atoms with Crippen molar-refractivity contribution in [1.82, 2.24) is 0 Å². The molecule has 3 N–H and O–H groups in total. The SMILES string of the molecule is CC(C)(C)OC(=O)Nc1ccc(C(O)CO)cc1. The third-order valence-corrected chi connectivity index (χ3v) is 2.11. The second-order valence-corrected chi connectivity index (χ2v) is 4.95. The summed E-state index contributed by atoms with van der Waals surface area (Å²) in [6.07, 6.45) is -1.43. The van der Waals surface area contributed by atoms with Gasteiger partial charge in [-0.05, 0) is 38.5 Å². The lowest BCUT2D eigenvalue weighted by molar-refractivity contribution is 0.0636. The lowest BCUT2D eigenvalue weighted by Gasteiger charge is -2.19. The Bertz CT molecular complexity index is 394. The van der Waals surface area contributed by atoms with E-state index in [1.165, 1.54) is 0 Å². The van der Waals surface area contributed by atoms with E-state index in [0.29, 0.717) is 11.3 Å². The maximum atomic E-state index is 11.5. The van der Waals surface area contributed by atoms with Crippen LogP contribution in [0.15, 0.2) is 24.3 Å². The molecule has 1 amide bonds. The van der Waals surface area contributed by atoms with Crippen molar-refractivity contribution in [3.8, 4) is 0 Å². The summed E-state index contributed by atoms with van der Waals surface area (Å²) in [4.78, 5) is 11.5. The summed E-state index contributed by atoms with van der Waals surface area (Å²) in [7, 11) is 0. The van der Waals surface area contributed by atoms with Crippen LogP contribution in [0.2, 0.25) is 0 Å².